The smallest absolute Gasteiger partial charge is 0.404 e. The summed E-state index contributed by atoms with van der Waals surface area (Å²) in [5.41, 5.74) is 3.27. The molecule has 4 aliphatic rings. The van der Waals surface area contributed by atoms with E-state index in [9.17, 15) is 14.4 Å². The Bertz CT molecular complexity index is 1650. The molecule has 1 aromatic heterocycles. The molecule has 3 N–H and O–H groups in total. The van der Waals surface area contributed by atoms with Gasteiger partial charge in [0.15, 0.2) is 0 Å². The van der Waals surface area contributed by atoms with Crippen LogP contribution in [0.4, 0.5) is 0 Å². The maximum absolute atomic E-state index is 14.1. The quantitative estimate of drug-likeness (QED) is 0.240. The summed E-state index contributed by atoms with van der Waals surface area (Å²) in [6, 6.07) is 17.5. The van der Waals surface area contributed by atoms with Gasteiger partial charge in [-0.2, -0.15) is 0 Å². The second-order valence-electron chi connectivity index (χ2n) is 15.0. The third-order valence-corrected chi connectivity index (χ3v) is 10.9. The van der Waals surface area contributed by atoms with Crippen molar-refractivity contribution in [2.75, 3.05) is 6.54 Å². The van der Waals surface area contributed by atoms with Crippen molar-refractivity contribution in [3.63, 3.8) is 0 Å². The number of carbonyl (C=O) groups excluding carboxylic acids is 3. The Morgan fingerprint density at radius 3 is 2.33 bits per heavy atom. The van der Waals surface area contributed by atoms with Crippen molar-refractivity contribution in [2.24, 2.45) is 23.2 Å². The largest absolute Gasteiger partial charge is 0.481 e. The van der Waals surface area contributed by atoms with Gasteiger partial charge in [-0.25, -0.2) is 0 Å². The van der Waals surface area contributed by atoms with E-state index < -0.39 is 36.5 Å². The maximum Gasteiger partial charge on any atom is 0.481 e. The molecule has 1 saturated heterocycles. The first-order valence-electron chi connectivity index (χ1n) is 17.1. The predicted molar refractivity (Wildman–Crippen MR) is 186 cm³/mol. The van der Waals surface area contributed by atoms with Crippen LogP contribution < -0.4 is 16.0 Å². The van der Waals surface area contributed by atoms with Gasteiger partial charge in [0.2, 0.25) is 5.91 Å². The molecular weight excluding hydrogens is 603 g/mol. The molecule has 4 fully saturated rings. The topological polar surface area (TPSA) is 119 Å². The summed E-state index contributed by atoms with van der Waals surface area (Å²) in [5, 5.41) is 8.88. The molecule has 0 spiro atoms. The number of amides is 3. The molecule has 2 heterocycles. The lowest BCUT2D eigenvalue weighted by atomic mass is 9.43. The van der Waals surface area contributed by atoms with Crippen molar-refractivity contribution in [2.45, 2.75) is 84.5 Å². The Balaban J connectivity index is 1.21. The lowest BCUT2D eigenvalue weighted by Gasteiger charge is -2.64. The number of rotatable bonds is 11. The van der Waals surface area contributed by atoms with E-state index in [1.54, 1.807) is 24.4 Å². The first-order chi connectivity index (χ1) is 22.8. The average Bonchev–Trinajstić information content (AvgIpc) is 3.44. The minimum atomic E-state index is -1.08. The monoisotopic (exact) mass is 650 g/mol. The zero-order chi connectivity index (χ0) is 34.2. The van der Waals surface area contributed by atoms with E-state index in [-0.39, 0.29) is 29.9 Å². The molecule has 7 rings (SSSR count). The van der Waals surface area contributed by atoms with Crippen LogP contribution in [0.3, 0.4) is 0 Å². The second kappa shape index (κ2) is 13.5. The first kappa shape index (κ1) is 33.9. The molecular formula is C38H47BN4O5. The molecule has 3 aliphatic carbocycles. The van der Waals surface area contributed by atoms with Gasteiger partial charge in [0, 0.05) is 30.1 Å². The minimum absolute atomic E-state index is 0.0282. The Hall–Kier alpha value is -4.02. The normalized spacial score (nSPS) is 25.0. The van der Waals surface area contributed by atoms with Gasteiger partial charge < -0.3 is 25.3 Å². The summed E-state index contributed by atoms with van der Waals surface area (Å²) in [6.45, 7) is 12.8. The molecule has 252 valence electrons. The van der Waals surface area contributed by atoms with Crippen LogP contribution in [0.5, 0.6) is 0 Å². The minimum Gasteiger partial charge on any atom is -0.404 e. The lowest BCUT2D eigenvalue weighted by Crippen LogP contribution is -2.65. The lowest BCUT2D eigenvalue weighted by molar-refractivity contribution is -0.199. The summed E-state index contributed by atoms with van der Waals surface area (Å²) in [5.74, 6) is -0.457. The zero-order valence-corrected chi connectivity index (χ0v) is 28.8. The third-order valence-electron chi connectivity index (χ3n) is 10.9. The number of aromatic nitrogens is 1. The van der Waals surface area contributed by atoms with Crippen LogP contribution in [-0.4, -0.2) is 60.1 Å². The van der Waals surface area contributed by atoms with Crippen molar-refractivity contribution in [3.8, 4) is 11.1 Å². The molecule has 3 saturated carbocycles. The SMILES string of the molecule is Cc1ccc(C(=O)NC[C@H](NC(=O)c2cncc(-c3ccccc3)c2)C(=O)NC(CC(C)C)B2OC3CC4CC(C4(C)C)[C@]3(C)O2)cc1. The van der Waals surface area contributed by atoms with Crippen LogP contribution in [0.15, 0.2) is 73.1 Å². The van der Waals surface area contributed by atoms with Crippen LogP contribution in [0.25, 0.3) is 11.1 Å². The molecule has 6 atom stereocenters. The van der Waals surface area contributed by atoms with Crippen LogP contribution in [0, 0.1) is 30.1 Å². The molecule has 48 heavy (non-hydrogen) atoms. The summed E-state index contributed by atoms with van der Waals surface area (Å²) in [6.07, 6.45) is 5.83. The highest BCUT2D eigenvalue weighted by molar-refractivity contribution is 6.48. The molecule has 10 heteroatoms. The van der Waals surface area contributed by atoms with Crippen LogP contribution in [0.1, 0.15) is 80.2 Å². The number of aryl methyl sites for hydroxylation is 1. The standard InChI is InChI=1S/C38H47BN4O5/c1-23(2)16-33(39-47-32-19-29-18-31(37(29,4)5)38(32,6)48-39)43-36(46)30(22-41-34(44)26-14-12-24(3)13-15-26)42-35(45)28-17-27(20-40-21-28)25-10-8-7-9-11-25/h7-15,17,20-21,23,29-33H,16,18-19,22H2,1-6H3,(H,41,44)(H,42,45)(H,43,46)/t29?,30-,31?,32?,33?,38-/m0/s1. The Morgan fingerprint density at radius 1 is 0.917 bits per heavy atom. The molecule has 2 bridgehead atoms. The highest BCUT2D eigenvalue weighted by Crippen LogP contribution is 2.65. The van der Waals surface area contributed by atoms with E-state index >= 15 is 0 Å². The molecule has 0 radical (unpaired) electrons. The van der Waals surface area contributed by atoms with E-state index in [4.69, 9.17) is 9.31 Å². The molecule has 2 aromatic carbocycles. The van der Waals surface area contributed by atoms with Crippen molar-refractivity contribution in [3.05, 3.63) is 89.7 Å². The molecule has 4 unspecified atom stereocenters. The fourth-order valence-corrected chi connectivity index (χ4v) is 7.91. The predicted octanol–water partition coefficient (Wildman–Crippen LogP) is 5.38. The van der Waals surface area contributed by atoms with Gasteiger partial charge in [0.25, 0.3) is 11.8 Å². The summed E-state index contributed by atoms with van der Waals surface area (Å²) >= 11 is 0. The summed E-state index contributed by atoms with van der Waals surface area (Å²) in [7, 11) is -0.619. The van der Waals surface area contributed by atoms with Gasteiger partial charge >= 0.3 is 7.12 Å². The van der Waals surface area contributed by atoms with Crippen LogP contribution in [-0.2, 0) is 14.1 Å². The number of carbonyl (C=O) groups is 3. The number of nitrogens with zero attached hydrogens (tertiary/aromatic N) is 1. The first-order valence-corrected chi connectivity index (χ1v) is 17.1. The Labute approximate surface area is 284 Å². The highest BCUT2D eigenvalue weighted by Gasteiger charge is 2.68. The van der Waals surface area contributed by atoms with E-state index in [1.165, 1.54) is 6.20 Å². The van der Waals surface area contributed by atoms with E-state index in [1.807, 2.05) is 49.4 Å². The summed E-state index contributed by atoms with van der Waals surface area (Å²) < 4.78 is 13.3. The number of benzene rings is 2. The van der Waals surface area contributed by atoms with E-state index in [2.05, 4.69) is 55.6 Å². The number of hydrogen-bond acceptors (Lipinski definition) is 6. The fraction of sp³-hybridized carbons (Fsp3) is 0.474. The maximum atomic E-state index is 14.1. The number of hydrogen-bond donors (Lipinski definition) is 3. The van der Waals surface area contributed by atoms with Crippen LogP contribution in [0.2, 0.25) is 0 Å². The number of pyridine rings is 1. The van der Waals surface area contributed by atoms with Gasteiger partial charge in [-0.05, 0) is 80.0 Å². The van der Waals surface area contributed by atoms with Gasteiger partial charge in [0.1, 0.15) is 6.04 Å². The third kappa shape index (κ3) is 6.78. The van der Waals surface area contributed by atoms with Gasteiger partial charge in [-0.15, -0.1) is 0 Å². The average molecular weight is 651 g/mol. The Morgan fingerprint density at radius 2 is 1.65 bits per heavy atom. The second-order valence-corrected chi connectivity index (χ2v) is 15.0. The van der Waals surface area contributed by atoms with E-state index in [0.717, 1.165) is 29.5 Å². The fourth-order valence-electron chi connectivity index (χ4n) is 7.91. The molecule has 3 amide bonds. The molecule has 9 nitrogen and oxygen atoms in total. The van der Waals surface area contributed by atoms with Crippen molar-refractivity contribution < 1.29 is 23.7 Å². The van der Waals surface area contributed by atoms with Gasteiger partial charge in [0.05, 0.1) is 23.2 Å². The summed E-state index contributed by atoms with van der Waals surface area (Å²) in [4.78, 5) is 45.1. The molecule has 1 aliphatic heterocycles. The highest BCUT2D eigenvalue weighted by atomic mass is 16.7. The molecule has 3 aromatic rings. The van der Waals surface area contributed by atoms with Crippen molar-refractivity contribution in [1.29, 1.82) is 0 Å². The van der Waals surface area contributed by atoms with Crippen molar-refractivity contribution >= 4 is 24.8 Å². The van der Waals surface area contributed by atoms with Crippen LogP contribution >= 0.6 is 0 Å². The van der Waals surface area contributed by atoms with E-state index in [0.29, 0.717) is 29.4 Å². The van der Waals surface area contributed by atoms with Gasteiger partial charge in [-0.1, -0.05) is 75.7 Å². The Kier molecular flexibility index (Phi) is 9.51. The zero-order valence-electron chi connectivity index (χ0n) is 28.8. The van der Waals surface area contributed by atoms with Crippen molar-refractivity contribution in [1.82, 2.24) is 20.9 Å². The number of nitrogens with one attached hydrogen (secondary N) is 3. The van der Waals surface area contributed by atoms with Gasteiger partial charge in [-0.3, -0.25) is 19.4 Å².